The van der Waals surface area contributed by atoms with Crippen molar-refractivity contribution in [3.63, 3.8) is 0 Å². The third-order valence-electron chi connectivity index (χ3n) is 4.02. The van der Waals surface area contributed by atoms with Crippen LogP contribution < -0.4 is 5.32 Å². The molecule has 0 saturated carbocycles. The lowest BCUT2D eigenvalue weighted by molar-refractivity contribution is 0.135. The van der Waals surface area contributed by atoms with Crippen LogP contribution in [0.25, 0.3) is 5.65 Å². The summed E-state index contributed by atoms with van der Waals surface area (Å²) in [6.07, 6.45) is 3.18. The van der Waals surface area contributed by atoms with Gasteiger partial charge in [-0.3, -0.25) is 0 Å². The Kier molecular flexibility index (Phi) is 4.41. The van der Waals surface area contributed by atoms with E-state index in [-0.39, 0.29) is 11.9 Å². The van der Waals surface area contributed by atoms with Crippen molar-refractivity contribution in [2.24, 2.45) is 0 Å². The van der Waals surface area contributed by atoms with E-state index in [1.165, 1.54) is 12.1 Å². The molecule has 23 heavy (non-hydrogen) atoms. The quantitative estimate of drug-likeness (QED) is 0.761. The van der Waals surface area contributed by atoms with Crippen molar-refractivity contribution >= 4 is 5.65 Å². The number of rotatable bonds is 5. The maximum Gasteiger partial charge on any atom is 0.136 e. The number of nitrogens with zero attached hydrogens (tertiary/aromatic N) is 2. The van der Waals surface area contributed by atoms with Crippen LogP contribution in [-0.4, -0.2) is 20.5 Å². The monoisotopic (exact) mass is 313 g/mol. The average Bonchev–Trinajstić information content (AvgIpc) is 2.95. The molecule has 2 N–H and O–H groups in total. The molecule has 3 rings (SSSR count). The number of aliphatic hydroxyl groups excluding tert-OH is 1. The van der Waals surface area contributed by atoms with Gasteiger partial charge in [0.05, 0.1) is 18.0 Å². The third kappa shape index (κ3) is 3.41. The fourth-order valence-electron chi connectivity index (χ4n) is 2.59. The molecule has 2 heterocycles. The summed E-state index contributed by atoms with van der Waals surface area (Å²) >= 11 is 0. The van der Waals surface area contributed by atoms with E-state index in [1.54, 1.807) is 12.1 Å². The van der Waals surface area contributed by atoms with Crippen molar-refractivity contribution in [3.8, 4) is 0 Å². The van der Waals surface area contributed by atoms with Crippen LogP contribution >= 0.6 is 0 Å². The van der Waals surface area contributed by atoms with Crippen LogP contribution in [0.1, 0.15) is 29.8 Å². The molecule has 0 aliphatic carbocycles. The van der Waals surface area contributed by atoms with E-state index >= 15 is 0 Å². The van der Waals surface area contributed by atoms with Gasteiger partial charge in [0, 0.05) is 18.8 Å². The molecule has 0 spiro atoms. The Labute approximate surface area is 134 Å². The van der Waals surface area contributed by atoms with Gasteiger partial charge < -0.3 is 14.8 Å². The molecule has 120 valence electrons. The van der Waals surface area contributed by atoms with Gasteiger partial charge in [-0.1, -0.05) is 18.2 Å². The summed E-state index contributed by atoms with van der Waals surface area (Å²) in [5.41, 5.74) is 3.79. The highest BCUT2D eigenvalue weighted by Gasteiger charge is 2.16. The minimum absolute atomic E-state index is 0.171. The topological polar surface area (TPSA) is 49.6 Å². The van der Waals surface area contributed by atoms with Crippen molar-refractivity contribution in [2.75, 3.05) is 0 Å². The number of pyridine rings is 1. The SMILES string of the molecule is Cc1ccc2ncc(CNC(C)C(O)c3ccc(F)cc3)n2c1. The molecular weight excluding hydrogens is 293 g/mol. The van der Waals surface area contributed by atoms with E-state index in [4.69, 9.17) is 0 Å². The van der Waals surface area contributed by atoms with Crippen LogP contribution in [0, 0.1) is 12.7 Å². The van der Waals surface area contributed by atoms with Crippen LogP contribution in [0.3, 0.4) is 0 Å². The number of aryl methyl sites for hydroxylation is 1. The highest BCUT2D eigenvalue weighted by atomic mass is 19.1. The molecule has 2 atom stereocenters. The summed E-state index contributed by atoms with van der Waals surface area (Å²) in [5, 5.41) is 13.7. The van der Waals surface area contributed by atoms with Gasteiger partial charge in [-0.2, -0.15) is 0 Å². The fourth-order valence-corrected chi connectivity index (χ4v) is 2.59. The highest BCUT2D eigenvalue weighted by molar-refractivity contribution is 5.41. The van der Waals surface area contributed by atoms with Gasteiger partial charge in [0.2, 0.25) is 0 Å². The summed E-state index contributed by atoms with van der Waals surface area (Å²) in [6.45, 7) is 4.53. The highest BCUT2D eigenvalue weighted by Crippen LogP contribution is 2.18. The van der Waals surface area contributed by atoms with Gasteiger partial charge >= 0.3 is 0 Å². The predicted octanol–water partition coefficient (Wildman–Crippen LogP) is 2.99. The van der Waals surface area contributed by atoms with E-state index in [2.05, 4.69) is 10.3 Å². The normalized spacial score (nSPS) is 14.1. The Morgan fingerprint density at radius 1 is 1.22 bits per heavy atom. The van der Waals surface area contributed by atoms with E-state index in [0.717, 1.165) is 16.9 Å². The van der Waals surface area contributed by atoms with Crippen LogP contribution in [0.2, 0.25) is 0 Å². The molecule has 0 bridgehead atoms. The Morgan fingerprint density at radius 3 is 2.70 bits per heavy atom. The first kappa shape index (κ1) is 15.6. The largest absolute Gasteiger partial charge is 0.387 e. The van der Waals surface area contributed by atoms with Gasteiger partial charge in [-0.15, -0.1) is 0 Å². The Balaban J connectivity index is 1.69. The standard InChI is InChI=1S/C18H20FN3O/c1-12-3-8-17-21-10-16(22(17)11-12)9-20-13(2)18(23)14-4-6-15(19)7-5-14/h3-8,10-11,13,18,20,23H,9H2,1-2H3. The van der Waals surface area contributed by atoms with E-state index in [1.807, 2.05) is 42.8 Å². The van der Waals surface area contributed by atoms with E-state index < -0.39 is 6.10 Å². The first-order valence-corrected chi connectivity index (χ1v) is 7.64. The molecule has 2 aromatic heterocycles. The number of imidazole rings is 1. The van der Waals surface area contributed by atoms with Crippen molar-refractivity contribution in [1.82, 2.24) is 14.7 Å². The number of halogens is 1. The molecule has 0 radical (unpaired) electrons. The second-order valence-corrected chi connectivity index (χ2v) is 5.85. The molecule has 2 unspecified atom stereocenters. The second kappa shape index (κ2) is 6.48. The average molecular weight is 313 g/mol. The van der Waals surface area contributed by atoms with Crippen molar-refractivity contribution in [2.45, 2.75) is 32.5 Å². The van der Waals surface area contributed by atoms with Gasteiger partial charge in [0.15, 0.2) is 0 Å². The van der Waals surface area contributed by atoms with E-state index in [0.29, 0.717) is 12.1 Å². The Hall–Kier alpha value is -2.24. The number of benzene rings is 1. The maximum absolute atomic E-state index is 13.0. The number of aromatic nitrogens is 2. The fraction of sp³-hybridized carbons (Fsp3) is 0.278. The molecule has 0 saturated heterocycles. The number of fused-ring (bicyclic) bond motifs is 1. The lowest BCUT2D eigenvalue weighted by Gasteiger charge is -2.20. The molecule has 1 aromatic carbocycles. The smallest absolute Gasteiger partial charge is 0.136 e. The Morgan fingerprint density at radius 2 is 1.96 bits per heavy atom. The summed E-state index contributed by atoms with van der Waals surface area (Å²) < 4.78 is 15.0. The van der Waals surface area contributed by atoms with Crippen molar-refractivity contribution in [3.05, 3.63) is 71.4 Å². The minimum Gasteiger partial charge on any atom is -0.387 e. The molecule has 0 aliphatic heterocycles. The van der Waals surface area contributed by atoms with Crippen LogP contribution in [0.4, 0.5) is 4.39 Å². The summed E-state index contributed by atoms with van der Waals surface area (Å²) in [6, 6.07) is 9.77. The zero-order chi connectivity index (χ0) is 16.4. The molecule has 0 amide bonds. The lowest BCUT2D eigenvalue weighted by atomic mass is 10.0. The van der Waals surface area contributed by atoms with Crippen LogP contribution in [0.15, 0.2) is 48.8 Å². The first-order valence-electron chi connectivity index (χ1n) is 7.64. The number of aliphatic hydroxyl groups is 1. The molecule has 0 fully saturated rings. The third-order valence-corrected chi connectivity index (χ3v) is 4.02. The van der Waals surface area contributed by atoms with Crippen LogP contribution in [0.5, 0.6) is 0 Å². The van der Waals surface area contributed by atoms with Gasteiger partial charge in [-0.25, -0.2) is 9.37 Å². The molecule has 4 nitrogen and oxygen atoms in total. The van der Waals surface area contributed by atoms with E-state index in [9.17, 15) is 9.50 Å². The van der Waals surface area contributed by atoms with Gasteiger partial charge in [0.25, 0.3) is 0 Å². The zero-order valence-electron chi connectivity index (χ0n) is 13.2. The number of nitrogens with one attached hydrogen (secondary N) is 1. The van der Waals surface area contributed by atoms with Crippen molar-refractivity contribution in [1.29, 1.82) is 0 Å². The van der Waals surface area contributed by atoms with Gasteiger partial charge in [0.1, 0.15) is 11.5 Å². The Bertz CT molecular complexity index is 798. The molecular formula is C18H20FN3O. The number of hydrogen-bond donors (Lipinski definition) is 2. The predicted molar refractivity (Wildman–Crippen MR) is 87.6 cm³/mol. The maximum atomic E-state index is 13.0. The first-order chi connectivity index (χ1) is 11.0. The minimum atomic E-state index is -0.698. The number of hydrogen-bond acceptors (Lipinski definition) is 3. The zero-order valence-corrected chi connectivity index (χ0v) is 13.2. The van der Waals surface area contributed by atoms with Crippen molar-refractivity contribution < 1.29 is 9.50 Å². The molecule has 5 heteroatoms. The summed E-state index contributed by atoms with van der Waals surface area (Å²) in [5.74, 6) is -0.303. The lowest BCUT2D eigenvalue weighted by Crippen LogP contribution is -2.32. The van der Waals surface area contributed by atoms with Crippen LogP contribution in [-0.2, 0) is 6.54 Å². The van der Waals surface area contributed by atoms with Gasteiger partial charge in [-0.05, 0) is 43.2 Å². The molecule has 3 aromatic rings. The summed E-state index contributed by atoms with van der Waals surface area (Å²) in [7, 11) is 0. The molecule has 0 aliphatic rings. The second-order valence-electron chi connectivity index (χ2n) is 5.85. The summed E-state index contributed by atoms with van der Waals surface area (Å²) in [4.78, 5) is 4.37.